The number of rotatable bonds is 8. The Labute approximate surface area is 155 Å². The normalized spacial score (nSPS) is 10.2. The molecule has 0 bridgehead atoms. The Kier molecular flexibility index (Phi) is 7.10. The van der Waals surface area contributed by atoms with Crippen molar-refractivity contribution in [3.63, 3.8) is 0 Å². The molecule has 0 fully saturated rings. The van der Waals surface area contributed by atoms with Crippen molar-refractivity contribution in [2.75, 3.05) is 31.7 Å². The van der Waals surface area contributed by atoms with Crippen LogP contribution in [0.5, 0.6) is 11.5 Å². The molecule has 0 radical (unpaired) electrons. The lowest BCUT2D eigenvalue weighted by Gasteiger charge is -2.21. The van der Waals surface area contributed by atoms with Gasteiger partial charge in [-0.05, 0) is 36.4 Å². The molecule has 0 aliphatic carbocycles. The van der Waals surface area contributed by atoms with Gasteiger partial charge in [0.25, 0.3) is 0 Å². The SMILES string of the molecule is COc1ccc(OCCNC(=O)CN(C(C)=O)c2c(F)cccc2F)cc1. The van der Waals surface area contributed by atoms with Crippen LogP contribution in [0.2, 0.25) is 0 Å². The van der Waals surface area contributed by atoms with Crippen LogP contribution in [0.15, 0.2) is 42.5 Å². The summed E-state index contributed by atoms with van der Waals surface area (Å²) in [6.45, 7) is 0.976. The number of halogens is 2. The fourth-order valence-electron chi connectivity index (χ4n) is 2.33. The number of carbonyl (C=O) groups is 2. The van der Waals surface area contributed by atoms with Crippen molar-refractivity contribution in [1.29, 1.82) is 0 Å². The number of nitrogens with zero attached hydrogens (tertiary/aromatic N) is 1. The van der Waals surface area contributed by atoms with Crippen molar-refractivity contribution in [2.45, 2.75) is 6.92 Å². The Morgan fingerprint density at radius 2 is 1.63 bits per heavy atom. The van der Waals surface area contributed by atoms with E-state index in [0.717, 1.165) is 24.0 Å². The second-order valence-corrected chi connectivity index (χ2v) is 5.55. The quantitative estimate of drug-likeness (QED) is 0.717. The number of amides is 2. The van der Waals surface area contributed by atoms with Gasteiger partial charge in [-0.15, -0.1) is 0 Å². The van der Waals surface area contributed by atoms with Crippen molar-refractivity contribution in [3.05, 3.63) is 54.1 Å². The van der Waals surface area contributed by atoms with E-state index in [9.17, 15) is 18.4 Å². The van der Waals surface area contributed by atoms with Gasteiger partial charge in [0, 0.05) is 6.92 Å². The van der Waals surface area contributed by atoms with Crippen molar-refractivity contribution in [1.82, 2.24) is 5.32 Å². The Balaban J connectivity index is 1.86. The lowest BCUT2D eigenvalue weighted by molar-refractivity contribution is -0.123. The van der Waals surface area contributed by atoms with Crippen molar-refractivity contribution < 1.29 is 27.8 Å². The maximum atomic E-state index is 13.9. The molecule has 0 aromatic heterocycles. The van der Waals surface area contributed by atoms with Gasteiger partial charge in [-0.2, -0.15) is 0 Å². The topological polar surface area (TPSA) is 67.9 Å². The number of ether oxygens (including phenoxy) is 2. The number of hydrogen-bond donors (Lipinski definition) is 1. The van der Waals surface area contributed by atoms with Crippen LogP contribution in [0.25, 0.3) is 0 Å². The van der Waals surface area contributed by atoms with E-state index in [-0.39, 0.29) is 13.2 Å². The fraction of sp³-hybridized carbons (Fsp3) is 0.263. The summed E-state index contributed by atoms with van der Waals surface area (Å²) in [6, 6.07) is 10.1. The van der Waals surface area contributed by atoms with Crippen LogP contribution in [-0.4, -0.2) is 38.6 Å². The van der Waals surface area contributed by atoms with Gasteiger partial charge < -0.3 is 14.8 Å². The lowest BCUT2D eigenvalue weighted by Crippen LogP contribution is -2.41. The fourth-order valence-corrected chi connectivity index (χ4v) is 2.33. The molecule has 6 nitrogen and oxygen atoms in total. The Hall–Kier alpha value is -3.16. The molecule has 0 unspecified atom stereocenters. The summed E-state index contributed by atoms with van der Waals surface area (Å²) in [5.74, 6) is -1.75. The molecule has 0 saturated heterocycles. The summed E-state index contributed by atoms with van der Waals surface area (Å²) in [7, 11) is 1.56. The molecule has 0 aliphatic rings. The zero-order valence-electron chi connectivity index (χ0n) is 15.0. The standard InChI is InChI=1S/C19H20F2N2O4/c1-13(24)23(19-16(20)4-3-5-17(19)21)12-18(25)22-10-11-27-15-8-6-14(26-2)7-9-15/h3-9H,10-12H2,1-2H3,(H,22,25). The summed E-state index contributed by atoms with van der Waals surface area (Å²) in [4.78, 5) is 24.5. The average Bonchev–Trinajstić information content (AvgIpc) is 2.64. The van der Waals surface area contributed by atoms with Gasteiger partial charge in [-0.1, -0.05) is 6.07 Å². The van der Waals surface area contributed by atoms with Crippen LogP contribution < -0.4 is 19.7 Å². The third-order valence-corrected chi connectivity index (χ3v) is 3.64. The smallest absolute Gasteiger partial charge is 0.240 e. The molecule has 144 valence electrons. The molecule has 27 heavy (non-hydrogen) atoms. The highest BCUT2D eigenvalue weighted by Gasteiger charge is 2.22. The van der Waals surface area contributed by atoms with E-state index < -0.39 is 35.7 Å². The Morgan fingerprint density at radius 1 is 1.04 bits per heavy atom. The molecule has 0 heterocycles. The van der Waals surface area contributed by atoms with Crippen LogP contribution in [0.1, 0.15) is 6.92 Å². The monoisotopic (exact) mass is 378 g/mol. The molecule has 1 N–H and O–H groups in total. The number of carbonyl (C=O) groups excluding carboxylic acids is 2. The number of hydrogen-bond acceptors (Lipinski definition) is 4. The number of nitrogens with one attached hydrogen (secondary N) is 1. The molecule has 8 heteroatoms. The number of methoxy groups -OCH3 is 1. The molecule has 0 spiro atoms. The average molecular weight is 378 g/mol. The van der Waals surface area contributed by atoms with Crippen LogP contribution in [0.4, 0.5) is 14.5 Å². The van der Waals surface area contributed by atoms with E-state index in [1.807, 2.05) is 0 Å². The van der Waals surface area contributed by atoms with E-state index in [0.29, 0.717) is 11.5 Å². The zero-order valence-corrected chi connectivity index (χ0v) is 15.0. The van der Waals surface area contributed by atoms with Gasteiger partial charge >= 0.3 is 0 Å². The van der Waals surface area contributed by atoms with Crippen LogP contribution in [-0.2, 0) is 9.59 Å². The van der Waals surface area contributed by atoms with E-state index in [1.165, 1.54) is 6.07 Å². The molecule has 2 aromatic rings. The minimum Gasteiger partial charge on any atom is -0.497 e. The Morgan fingerprint density at radius 3 is 2.19 bits per heavy atom. The van der Waals surface area contributed by atoms with E-state index in [1.54, 1.807) is 31.4 Å². The summed E-state index contributed by atoms with van der Waals surface area (Å²) < 4.78 is 38.2. The van der Waals surface area contributed by atoms with Gasteiger partial charge in [-0.25, -0.2) is 8.78 Å². The van der Waals surface area contributed by atoms with E-state index in [2.05, 4.69) is 5.32 Å². The van der Waals surface area contributed by atoms with Crippen LogP contribution >= 0.6 is 0 Å². The van der Waals surface area contributed by atoms with Gasteiger partial charge in [0.1, 0.15) is 42.0 Å². The summed E-state index contributed by atoms with van der Waals surface area (Å²) in [6.07, 6.45) is 0. The zero-order chi connectivity index (χ0) is 19.8. The largest absolute Gasteiger partial charge is 0.497 e. The van der Waals surface area contributed by atoms with Gasteiger partial charge in [0.05, 0.1) is 13.7 Å². The number of benzene rings is 2. The minimum atomic E-state index is -0.916. The summed E-state index contributed by atoms with van der Waals surface area (Å²) in [5, 5.41) is 2.54. The Bertz CT molecular complexity index is 777. The molecule has 2 aromatic carbocycles. The maximum Gasteiger partial charge on any atom is 0.240 e. The first-order valence-corrected chi connectivity index (χ1v) is 8.18. The predicted octanol–water partition coefficient (Wildman–Crippen LogP) is 2.52. The number of para-hydroxylation sites is 1. The van der Waals surface area contributed by atoms with Gasteiger partial charge in [-0.3, -0.25) is 14.5 Å². The summed E-state index contributed by atoms with van der Waals surface area (Å²) >= 11 is 0. The second-order valence-electron chi connectivity index (χ2n) is 5.55. The van der Waals surface area contributed by atoms with Crippen LogP contribution in [0.3, 0.4) is 0 Å². The first-order valence-electron chi connectivity index (χ1n) is 8.18. The third-order valence-electron chi connectivity index (χ3n) is 3.64. The van der Waals surface area contributed by atoms with Crippen molar-refractivity contribution in [2.24, 2.45) is 0 Å². The van der Waals surface area contributed by atoms with Crippen molar-refractivity contribution >= 4 is 17.5 Å². The molecular formula is C19H20F2N2O4. The second kappa shape index (κ2) is 9.51. The molecule has 0 aliphatic heterocycles. The minimum absolute atomic E-state index is 0.163. The number of anilines is 1. The van der Waals surface area contributed by atoms with Gasteiger partial charge in [0.15, 0.2) is 0 Å². The first kappa shape index (κ1) is 20.2. The summed E-state index contributed by atoms with van der Waals surface area (Å²) in [5.41, 5.74) is -0.547. The van der Waals surface area contributed by atoms with Crippen molar-refractivity contribution in [3.8, 4) is 11.5 Å². The third kappa shape index (κ3) is 5.67. The molecule has 2 rings (SSSR count). The molecule has 0 saturated carbocycles. The van der Waals surface area contributed by atoms with E-state index >= 15 is 0 Å². The molecule has 2 amide bonds. The van der Waals surface area contributed by atoms with Crippen LogP contribution in [0, 0.1) is 11.6 Å². The highest BCUT2D eigenvalue weighted by Crippen LogP contribution is 2.23. The molecule has 0 atom stereocenters. The van der Waals surface area contributed by atoms with Gasteiger partial charge in [0.2, 0.25) is 11.8 Å². The predicted molar refractivity (Wildman–Crippen MR) is 95.9 cm³/mol. The highest BCUT2D eigenvalue weighted by molar-refractivity contribution is 5.97. The maximum absolute atomic E-state index is 13.9. The highest BCUT2D eigenvalue weighted by atomic mass is 19.1. The van der Waals surface area contributed by atoms with E-state index in [4.69, 9.17) is 9.47 Å². The lowest BCUT2D eigenvalue weighted by atomic mass is 10.2. The molecular weight excluding hydrogens is 358 g/mol. The first-order chi connectivity index (χ1) is 12.9.